The molecule has 0 radical (unpaired) electrons. The average Bonchev–Trinajstić information content (AvgIpc) is 3.16. The molecule has 0 saturated heterocycles. The monoisotopic (exact) mass is 445 g/mol. The van der Waals surface area contributed by atoms with Gasteiger partial charge in [0.15, 0.2) is 0 Å². The summed E-state index contributed by atoms with van der Waals surface area (Å²) in [7, 11) is 6.11. The van der Waals surface area contributed by atoms with Gasteiger partial charge < -0.3 is 14.2 Å². The second kappa shape index (κ2) is 9.52. The van der Waals surface area contributed by atoms with Gasteiger partial charge in [-0.25, -0.2) is 0 Å². The molecule has 4 nitrogen and oxygen atoms in total. The molecule has 1 saturated carbocycles. The maximum absolute atomic E-state index is 5.67. The number of rotatable bonds is 5. The highest BCUT2D eigenvalue weighted by Gasteiger charge is 2.31. The van der Waals surface area contributed by atoms with Gasteiger partial charge in [-0.3, -0.25) is 4.90 Å². The van der Waals surface area contributed by atoms with E-state index in [1.54, 1.807) is 12.7 Å². The van der Waals surface area contributed by atoms with Crippen LogP contribution in [0.1, 0.15) is 62.1 Å². The van der Waals surface area contributed by atoms with Gasteiger partial charge in [-0.2, -0.15) is 0 Å². The number of ether oxygens (including phenoxy) is 1. The molecule has 2 aromatic carbocycles. The molecule has 2 aliphatic rings. The minimum Gasteiger partial charge on any atom is -0.497 e. The van der Waals surface area contributed by atoms with Gasteiger partial charge in [0.2, 0.25) is 0 Å². The summed E-state index contributed by atoms with van der Waals surface area (Å²) in [5.74, 6) is 1.61. The molecule has 1 fully saturated rings. The van der Waals surface area contributed by atoms with Crippen molar-refractivity contribution in [1.82, 2.24) is 14.4 Å². The van der Waals surface area contributed by atoms with Gasteiger partial charge in [0.1, 0.15) is 5.75 Å². The number of aromatic nitrogens is 1. The highest BCUT2D eigenvalue weighted by molar-refractivity contribution is 5.93. The topological polar surface area (TPSA) is 20.6 Å². The summed E-state index contributed by atoms with van der Waals surface area (Å²) in [6, 6.07) is 16.3. The number of methoxy groups -OCH3 is 1. The molecule has 1 unspecified atom stereocenters. The van der Waals surface area contributed by atoms with E-state index in [1.165, 1.54) is 59.8 Å². The highest BCUT2D eigenvalue weighted by Crippen LogP contribution is 2.47. The molecule has 2 heterocycles. The summed E-state index contributed by atoms with van der Waals surface area (Å²) in [5, 5.41) is 1.47. The quantitative estimate of drug-likeness (QED) is 0.459. The van der Waals surface area contributed by atoms with Crippen LogP contribution in [-0.4, -0.2) is 55.2 Å². The van der Waals surface area contributed by atoms with E-state index in [9.17, 15) is 0 Å². The molecule has 176 valence electrons. The molecule has 1 aliphatic heterocycles. The van der Waals surface area contributed by atoms with Gasteiger partial charge in [0.05, 0.1) is 12.8 Å². The van der Waals surface area contributed by atoms with Crippen LogP contribution in [-0.2, 0) is 6.54 Å². The number of hydrogen-bond acceptors (Lipinski definition) is 3. The fourth-order valence-corrected chi connectivity index (χ4v) is 6.16. The number of benzene rings is 2. The van der Waals surface area contributed by atoms with Gasteiger partial charge in [0, 0.05) is 48.7 Å². The Bertz CT molecular complexity index is 1110. The van der Waals surface area contributed by atoms with Crippen LogP contribution in [0.4, 0.5) is 0 Å². The number of para-hydroxylation sites is 1. The standard InChI is InChI=1S/C29H39N3O/c1-21-19-31(17-16-30(2)3)20-23-18-24(33-4)14-15-25(23)29-28(22-10-6-5-7-11-22)26-12-8-9-13-27(26)32(21)29/h8-9,12-15,18,21-22H,5-7,10-11,16-17,19-20H2,1-4H3. The smallest absolute Gasteiger partial charge is 0.119 e. The summed E-state index contributed by atoms with van der Waals surface area (Å²) in [6.45, 7) is 6.57. The molecule has 5 rings (SSSR count). The lowest BCUT2D eigenvalue weighted by Crippen LogP contribution is -2.36. The van der Waals surface area contributed by atoms with Crippen LogP contribution >= 0.6 is 0 Å². The zero-order valence-electron chi connectivity index (χ0n) is 20.8. The lowest BCUT2D eigenvalue weighted by molar-refractivity contribution is 0.207. The molecular formula is C29H39N3O. The summed E-state index contributed by atoms with van der Waals surface area (Å²) < 4.78 is 8.34. The fraction of sp³-hybridized carbons (Fsp3) is 0.517. The Morgan fingerprint density at radius 3 is 2.58 bits per heavy atom. The highest BCUT2D eigenvalue weighted by atomic mass is 16.5. The molecule has 0 N–H and O–H groups in total. The van der Waals surface area contributed by atoms with Crippen molar-refractivity contribution in [3.8, 4) is 17.0 Å². The van der Waals surface area contributed by atoms with Crippen LogP contribution < -0.4 is 4.74 Å². The van der Waals surface area contributed by atoms with Crippen LogP contribution in [0.2, 0.25) is 0 Å². The van der Waals surface area contributed by atoms with Crippen molar-refractivity contribution < 1.29 is 4.74 Å². The molecule has 1 aromatic heterocycles. The largest absolute Gasteiger partial charge is 0.497 e. The van der Waals surface area contributed by atoms with E-state index >= 15 is 0 Å². The second-order valence-corrected chi connectivity index (χ2v) is 10.4. The summed E-state index contributed by atoms with van der Waals surface area (Å²) in [5.41, 5.74) is 7.26. The van der Waals surface area contributed by atoms with Crippen LogP contribution in [0.15, 0.2) is 42.5 Å². The van der Waals surface area contributed by atoms with Crippen LogP contribution in [0.3, 0.4) is 0 Å². The molecule has 4 heteroatoms. The lowest BCUT2D eigenvalue weighted by Gasteiger charge is -2.33. The molecule has 3 aromatic rings. The third-order valence-corrected chi connectivity index (χ3v) is 7.75. The Balaban J connectivity index is 1.73. The van der Waals surface area contributed by atoms with Crippen molar-refractivity contribution in [2.24, 2.45) is 0 Å². The van der Waals surface area contributed by atoms with Crippen LogP contribution in [0, 0.1) is 0 Å². The maximum atomic E-state index is 5.67. The van der Waals surface area contributed by atoms with Crippen LogP contribution in [0.25, 0.3) is 22.2 Å². The van der Waals surface area contributed by atoms with Gasteiger partial charge in [-0.1, -0.05) is 37.5 Å². The SMILES string of the molecule is COc1ccc2c(c1)CN(CCN(C)C)CC(C)n1c-2c(C2CCCCC2)c2ccccc21. The number of nitrogens with zero attached hydrogens (tertiary/aromatic N) is 3. The summed E-state index contributed by atoms with van der Waals surface area (Å²) >= 11 is 0. The van der Waals surface area contributed by atoms with E-state index in [-0.39, 0.29) is 0 Å². The summed E-state index contributed by atoms with van der Waals surface area (Å²) in [6.07, 6.45) is 6.72. The molecule has 0 bridgehead atoms. The number of fused-ring (bicyclic) bond motifs is 5. The van der Waals surface area contributed by atoms with Crippen molar-refractivity contribution in [1.29, 1.82) is 0 Å². The minimum atomic E-state index is 0.416. The van der Waals surface area contributed by atoms with E-state index in [4.69, 9.17) is 4.74 Å². The first-order valence-electron chi connectivity index (χ1n) is 12.7. The van der Waals surface area contributed by atoms with Crippen molar-refractivity contribution in [3.05, 3.63) is 53.6 Å². The predicted molar refractivity (Wildman–Crippen MR) is 138 cm³/mol. The molecule has 1 aliphatic carbocycles. The Hall–Kier alpha value is -2.30. The van der Waals surface area contributed by atoms with Gasteiger partial charge >= 0.3 is 0 Å². The Labute approximate surface area is 199 Å². The Morgan fingerprint density at radius 1 is 1.03 bits per heavy atom. The molecule has 1 atom stereocenters. The molecule has 0 spiro atoms. The average molecular weight is 446 g/mol. The summed E-state index contributed by atoms with van der Waals surface area (Å²) in [4.78, 5) is 4.91. The van der Waals surface area contributed by atoms with Gasteiger partial charge in [-0.05, 0) is 75.2 Å². The van der Waals surface area contributed by atoms with E-state index in [1.807, 2.05) is 0 Å². The zero-order valence-corrected chi connectivity index (χ0v) is 20.8. The zero-order chi connectivity index (χ0) is 22.9. The Morgan fingerprint density at radius 2 is 1.82 bits per heavy atom. The van der Waals surface area contributed by atoms with E-state index in [2.05, 4.69) is 77.9 Å². The van der Waals surface area contributed by atoms with Gasteiger partial charge in [0.25, 0.3) is 0 Å². The normalized spacial score (nSPS) is 19.8. The maximum Gasteiger partial charge on any atom is 0.119 e. The van der Waals surface area contributed by atoms with E-state index < -0.39 is 0 Å². The first-order valence-corrected chi connectivity index (χ1v) is 12.7. The van der Waals surface area contributed by atoms with Crippen molar-refractivity contribution in [2.75, 3.05) is 40.8 Å². The second-order valence-electron chi connectivity index (χ2n) is 10.4. The molecule has 33 heavy (non-hydrogen) atoms. The molecule has 0 amide bonds. The third-order valence-electron chi connectivity index (χ3n) is 7.75. The van der Waals surface area contributed by atoms with Gasteiger partial charge in [-0.15, -0.1) is 0 Å². The third kappa shape index (κ3) is 4.31. The number of likely N-dealkylation sites (N-methyl/N-ethyl adjacent to an activating group) is 1. The minimum absolute atomic E-state index is 0.416. The van der Waals surface area contributed by atoms with Crippen LogP contribution in [0.5, 0.6) is 5.75 Å². The first kappa shape index (κ1) is 22.5. The van der Waals surface area contributed by atoms with Crippen molar-refractivity contribution in [2.45, 2.75) is 57.5 Å². The first-order chi connectivity index (χ1) is 16.1. The lowest BCUT2D eigenvalue weighted by atomic mass is 9.81. The van der Waals surface area contributed by atoms with E-state index in [0.717, 1.165) is 31.9 Å². The van der Waals surface area contributed by atoms with Crippen molar-refractivity contribution in [3.63, 3.8) is 0 Å². The molecular weight excluding hydrogens is 406 g/mol. The Kier molecular flexibility index (Phi) is 6.49. The predicted octanol–water partition coefficient (Wildman–Crippen LogP) is 6.30. The number of hydrogen-bond donors (Lipinski definition) is 0. The fourth-order valence-electron chi connectivity index (χ4n) is 6.16. The van der Waals surface area contributed by atoms with E-state index in [0.29, 0.717) is 12.0 Å². The van der Waals surface area contributed by atoms with Crippen molar-refractivity contribution >= 4 is 10.9 Å².